The van der Waals surface area contributed by atoms with Crippen LogP contribution in [0.1, 0.15) is 18.4 Å². The van der Waals surface area contributed by atoms with E-state index in [0.717, 1.165) is 41.0 Å². The highest BCUT2D eigenvalue weighted by Gasteiger charge is 2.18. The highest BCUT2D eigenvalue weighted by atomic mass is 16.5. The van der Waals surface area contributed by atoms with Gasteiger partial charge in [0.2, 0.25) is 0 Å². The van der Waals surface area contributed by atoms with Crippen molar-refractivity contribution >= 4 is 21.5 Å². The Balaban J connectivity index is 1.97. The Kier molecular flexibility index (Phi) is 4.60. The first-order valence-electron chi connectivity index (χ1n) is 9.12. The molecule has 4 nitrogen and oxygen atoms in total. The normalized spacial score (nSPS) is 17.0. The molecule has 0 amide bonds. The molecular weight excluding hydrogens is 326 g/mol. The van der Waals surface area contributed by atoms with Crippen LogP contribution >= 0.6 is 0 Å². The van der Waals surface area contributed by atoms with Gasteiger partial charge in [-0.2, -0.15) is 0 Å². The highest BCUT2D eigenvalue weighted by molar-refractivity contribution is 6.10. The number of hydrogen-bond donors (Lipinski definition) is 1. The molecule has 1 aliphatic heterocycles. The monoisotopic (exact) mass is 351 g/mol. The second-order valence-electron chi connectivity index (χ2n) is 6.87. The fourth-order valence-electron chi connectivity index (χ4n) is 4.03. The van der Waals surface area contributed by atoms with Gasteiger partial charge in [-0.25, -0.2) is 0 Å². The first-order chi connectivity index (χ1) is 12.7. The summed E-state index contributed by atoms with van der Waals surface area (Å²) in [7, 11) is 5.06. The zero-order chi connectivity index (χ0) is 18.1. The first kappa shape index (κ1) is 17.0. The summed E-state index contributed by atoms with van der Waals surface area (Å²) in [5, 5.41) is 8.40. The van der Waals surface area contributed by atoms with Crippen LogP contribution in [0.3, 0.4) is 0 Å². The standard InChI is InChI=1S/C22H25NO3/c1-24-17-6-7-18-14(10-16-5-4-8-23-16)9-15-11-21(25-2)22(26-3)13-19(15)20(18)12-17/h6-7,9,11-13,16,23H,4-5,8,10H2,1-3H3/t16-/m0/s1. The van der Waals surface area contributed by atoms with Crippen molar-refractivity contribution in [3.63, 3.8) is 0 Å². The summed E-state index contributed by atoms with van der Waals surface area (Å²) in [6.07, 6.45) is 3.53. The Morgan fingerprint density at radius 3 is 2.38 bits per heavy atom. The Morgan fingerprint density at radius 2 is 1.69 bits per heavy atom. The van der Waals surface area contributed by atoms with Gasteiger partial charge in [0.05, 0.1) is 21.3 Å². The molecule has 0 unspecified atom stereocenters. The molecule has 0 aliphatic carbocycles. The fraction of sp³-hybridized carbons (Fsp3) is 0.364. The van der Waals surface area contributed by atoms with E-state index in [9.17, 15) is 0 Å². The third-order valence-corrected chi connectivity index (χ3v) is 5.38. The first-order valence-corrected chi connectivity index (χ1v) is 9.12. The summed E-state index contributed by atoms with van der Waals surface area (Å²) >= 11 is 0. The number of nitrogens with one attached hydrogen (secondary N) is 1. The van der Waals surface area contributed by atoms with Gasteiger partial charge in [-0.15, -0.1) is 0 Å². The van der Waals surface area contributed by atoms with Crippen molar-refractivity contribution < 1.29 is 14.2 Å². The van der Waals surface area contributed by atoms with E-state index in [2.05, 4.69) is 35.6 Å². The molecule has 1 N–H and O–H groups in total. The van der Waals surface area contributed by atoms with Crippen LogP contribution in [0.2, 0.25) is 0 Å². The predicted molar refractivity (Wildman–Crippen MR) is 106 cm³/mol. The lowest BCUT2D eigenvalue weighted by Crippen LogP contribution is -2.23. The number of ether oxygens (including phenoxy) is 3. The second-order valence-corrected chi connectivity index (χ2v) is 6.87. The van der Waals surface area contributed by atoms with Crippen molar-refractivity contribution in [3.05, 3.63) is 42.0 Å². The number of methoxy groups -OCH3 is 3. The Hall–Kier alpha value is -2.46. The molecule has 4 heteroatoms. The Morgan fingerprint density at radius 1 is 0.885 bits per heavy atom. The molecule has 3 aromatic rings. The van der Waals surface area contributed by atoms with E-state index in [1.807, 2.05) is 6.07 Å². The van der Waals surface area contributed by atoms with Gasteiger partial charge in [-0.1, -0.05) is 12.1 Å². The summed E-state index contributed by atoms with van der Waals surface area (Å²) in [5.74, 6) is 2.37. The molecule has 1 atom stereocenters. The number of benzene rings is 3. The van der Waals surface area contributed by atoms with Gasteiger partial charge in [0, 0.05) is 6.04 Å². The maximum absolute atomic E-state index is 5.52. The van der Waals surface area contributed by atoms with Gasteiger partial charge >= 0.3 is 0 Å². The smallest absolute Gasteiger partial charge is 0.161 e. The van der Waals surface area contributed by atoms with E-state index >= 15 is 0 Å². The van der Waals surface area contributed by atoms with Crippen molar-refractivity contribution in [2.24, 2.45) is 0 Å². The van der Waals surface area contributed by atoms with Gasteiger partial charge in [0.25, 0.3) is 0 Å². The van der Waals surface area contributed by atoms with E-state index in [4.69, 9.17) is 14.2 Å². The number of fused-ring (bicyclic) bond motifs is 3. The van der Waals surface area contributed by atoms with Crippen molar-refractivity contribution in [1.29, 1.82) is 0 Å². The molecule has 4 rings (SSSR count). The molecule has 0 bridgehead atoms. The molecule has 0 spiro atoms. The third kappa shape index (κ3) is 2.95. The fourth-order valence-corrected chi connectivity index (χ4v) is 4.03. The topological polar surface area (TPSA) is 39.7 Å². The SMILES string of the molecule is COc1ccc2c(C[C@@H]3CCCN3)cc3cc(OC)c(OC)cc3c2c1. The lowest BCUT2D eigenvalue weighted by Gasteiger charge is -2.17. The zero-order valence-electron chi connectivity index (χ0n) is 15.6. The van der Waals surface area contributed by atoms with E-state index in [-0.39, 0.29) is 0 Å². The van der Waals surface area contributed by atoms with Gasteiger partial charge in [0.15, 0.2) is 11.5 Å². The van der Waals surface area contributed by atoms with Crippen molar-refractivity contribution in [2.45, 2.75) is 25.3 Å². The summed E-state index contributed by atoms with van der Waals surface area (Å²) < 4.78 is 16.5. The average molecular weight is 351 g/mol. The molecule has 136 valence electrons. The van der Waals surface area contributed by atoms with Crippen molar-refractivity contribution in [1.82, 2.24) is 5.32 Å². The molecule has 0 radical (unpaired) electrons. The van der Waals surface area contributed by atoms with E-state index < -0.39 is 0 Å². The molecule has 0 saturated carbocycles. The molecule has 1 fully saturated rings. The highest BCUT2D eigenvalue weighted by Crippen LogP contribution is 2.38. The zero-order valence-corrected chi connectivity index (χ0v) is 15.6. The van der Waals surface area contributed by atoms with Gasteiger partial charge < -0.3 is 19.5 Å². The van der Waals surface area contributed by atoms with Gasteiger partial charge in [-0.3, -0.25) is 0 Å². The molecule has 1 saturated heterocycles. The Bertz CT molecular complexity index is 945. The lowest BCUT2D eigenvalue weighted by molar-refractivity contribution is 0.356. The van der Waals surface area contributed by atoms with Crippen molar-refractivity contribution in [3.8, 4) is 17.2 Å². The minimum Gasteiger partial charge on any atom is -0.497 e. The van der Waals surface area contributed by atoms with Gasteiger partial charge in [-0.05, 0) is 77.2 Å². The summed E-state index contributed by atoms with van der Waals surface area (Å²) in [5.41, 5.74) is 1.36. The molecule has 1 heterocycles. The minimum absolute atomic E-state index is 0.554. The number of rotatable bonds is 5. The van der Waals surface area contributed by atoms with Crippen LogP contribution in [-0.4, -0.2) is 33.9 Å². The van der Waals surface area contributed by atoms with E-state index in [1.165, 1.54) is 29.2 Å². The Labute approximate surface area is 154 Å². The van der Waals surface area contributed by atoms with E-state index in [1.54, 1.807) is 21.3 Å². The largest absolute Gasteiger partial charge is 0.497 e. The molecule has 0 aromatic heterocycles. The van der Waals surface area contributed by atoms with E-state index in [0.29, 0.717) is 6.04 Å². The summed E-state index contributed by atoms with van der Waals surface area (Å²) in [6, 6.07) is 13.3. The summed E-state index contributed by atoms with van der Waals surface area (Å²) in [6.45, 7) is 1.12. The quantitative estimate of drug-likeness (QED) is 0.695. The average Bonchev–Trinajstić information content (AvgIpc) is 3.19. The van der Waals surface area contributed by atoms with Crippen LogP contribution in [-0.2, 0) is 6.42 Å². The maximum Gasteiger partial charge on any atom is 0.161 e. The molecular formula is C22H25NO3. The van der Waals surface area contributed by atoms with Crippen LogP contribution in [0.25, 0.3) is 21.5 Å². The molecule has 26 heavy (non-hydrogen) atoms. The lowest BCUT2D eigenvalue weighted by atomic mass is 9.93. The second kappa shape index (κ2) is 7.04. The molecule has 3 aromatic carbocycles. The predicted octanol–water partition coefficient (Wildman–Crippen LogP) is 4.31. The van der Waals surface area contributed by atoms with Crippen molar-refractivity contribution in [2.75, 3.05) is 27.9 Å². The molecule has 1 aliphatic rings. The minimum atomic E-state index is 0.554. The van der Waals surface area contributed by atoms with Gasteiger partial charge in [0.1, 0.15) is 5.75 Å². The third-order valence-electron chi connectivity index (χ3n) is 5.38. The van der Waals surface area contributed by atoms with Crippen LogP contribution in [0, 0.1) is 0 Å². The van der Waals surface area contributed by atoms with Crippen LogP contribution in [0.4, 0.5) is 0 Å². The van der Waals surface area contributed by atoms with Crippen LogP contribution in [0.15, 0.2) is 36.4 Å². The maximum atomic E-state index is 5.52. The van der Waals surface area contributed by atoms with Crippen LogP contribution < -0.4 is 19.5 Å². The summed E-state index contributed by atoms with van der Waals surface area (Å²) in [4.78, 5) is 0. The van der Waals surface area contributed by atoms with Crippen LogP contribution in [0.5, 0.6) is 17.2 Å². The number of hydrogen-bond acceptors (Lipinski definition) is 4.